The summed E-state index contributed by atoms with van der Waals surface area (Å²) < 4.78 is 10.5. The second kappa shape index (κ2) is 8.73. The molecule has 6 nitrogen and oxygen atoms in total. The van der Waals surface area contributed by atoms with Gasteiger partial charge in [0.15, 0.2) is 0 Å². The third-order valence-corrected chi connectivity index (χ3v) is 5.29. The van der Waals surface area contributed by atoms with Crippen LogP contribution in [0.5, 0.6) is 11.5 Å². The molecule has 1 heterocycles. The van der Waals surface area contributed by atoms with Gasteiger partial charge in [0.25, 0.3) is 0 Å². The zero-order chi connectivity index (χ0) is 18.5. The lowest BCUT2D eigenvalue weighted by Crippen LogP contribution is -2.46. The summed E-state index contributed by atoms with van der Waals surface area (Å²) in [4.78, 5) is 15.0. The molecular weight excluding hydrogens is 330 g/mol. The first kappa shape index (κ1) is 19.0. The zero-order valence-electron chi connectivity index (χ0n) is 16.1. The van der Waals surface area contributed by atoms with Crippen LogP contribution in [-0.2, 0) is 4.79 Å². The van der Waals surface area contributed by atoms with Gasteiger partial charge >= 0.3 is 0 Å². The Labute approximate surface area is 156 Å². The number of piperidine rings is 1. The van der Waals surface area contributed by atoms with Crippen molar-refractivity contribution in [1.82, 2.24) is 10.2 Å². The number of rotatable bonds is 8. The Hall–Kier alpha value is -1.79. The van der Waals surface area contributed by atoms with E-state index in [1.807, 2.05) is 6.07 Å². The Morgan fingerprint density at radius 3 is 2.54 bits per heavy atom. The number of anilines is 1. The predicted octanol–water partition coefficient (Wildman–Crippen LogP) is 2.64. The minimum atomic E-state index is -0.0103. The van der Waals surface area contributed by atoms with Gasteiger partial charge in [0.2, 0.25) is 5.91 Å². The Bertz CT molecular complexity index is 610. The normalized spacial score (nSPS) is 19.8. The van der Waals surface area contributed by atoms with Crippen LogP contribution >= 0.6 is 0 Å². The number of benzene rings is 1. The minimum Gasteiger partial charge on any atom is -0.497 e. The van der Waals surface area contributed by atoms with E-state index >= 15 is 0 Å². The van der Waals surface area contributed by atoms with Crippen molar-refractivity contribution in [3.05, 3.63) is 18.2 Å². The Balaban J connectivity index is 1.44. The van der Waals surface area contributed by atoms with Crippen molar-refractivity contribution >= 4 is 11.6 Å². The van der Waals surface area contributed by atoms with Crippen molar-refractivity contribution in [2.75, 3.05) is 32.6 Å². The van der Waals surface area contributed by atoms with Crippen molar-refractivity contribution in [1.29, 1.82) is 0 Å². The summed E-state index contributed by atoms with van der Waals surface area (Å²) >= 11 is 0. The van der Waals surface area contributed by atoms with E-state index < -0.39 is 0 Å². The third kappa shape index (κ3) is 5.11. The molecule has 0 bridgehead atoms. The molecule has 1 aromatic rings. The maximum absolute atomic E-state index is 12.4. The number of ether oxygens (including phenoxy) is 2. The molecule has 26 heavy (non-hydrogen) atoms. The lowest BCUT2D eigenvalue weighted by Gasteiger charge is -2.34. The van der Waals surface area contributed by atoms with Gasteiger partial charge in [-0.1, -0.05) is 0 Å². The van der Waals surface area contributed by atoms with Crippen LogP contribution in [0.1, 0.15) is 39.0 Å². The monoisotopic (exact) mass is 361 g/mol. The van der Waals surface area contributed by atoms with Crippen LogP contribution in [-0.4, -0.2) is 56.2 Å². The number of carbonyl (C=O) groups is 1. The molecule has 1 unspecified atom stereocenters. The van der Waals surface area contributed by atoms with Crippen molar-refractivity contribution in [2.45, 2.75) is 57.2 Å². The highest BCUT2D eigenvalue weighted by Gasteiger charge is 2.32. The average Bonchev–Trinajstić information content (AvgIpc) is 3.47. The quantitative estimate of drug-likeness (QED) is 0.745. The fourth-order valence-electron chi connectivity index (χ4n) is 3.71. The van der Waals surface area contributed by atoms with Gasteiger partial charge in [-0.3, -0.25) is 4.79 Å². The number of nitrogens with zero attached hydrogens (tertiary/aromatic N) is 1. The number of amides is 1. The number of hydrogen-bond donors (Lipinski definition) is 2. The molecule has 1 amide bonds. The average molecular weight is 361 g/mol. The van der Waals surface area contributed by atoms with E-state index in [9.17, 15) is 4.79 Å². The van der Waals surface area contributed by atoms with Crippen molar-refractivity contribution in [3.63, 3.8) is 0 Å². The SMILES string of the molecule is COc1ccc(NC(=O)CC(C)NC2CCN(C3CC3)CC2)c(OC)c1. The van der Waals surface area contributed by atoms with E-state index in [0.29, 0.717) is 29.6 Å². The molecule has 1 saturated heterocycles. The maximum atomic E-state index is 12.4. The lowest BCUT2D eigenvalue weighted by atomic mass is 10.0. The topological polar surface area (TPSA) is 62.8 Å². The number of methoxy groups -OCH3 is 2. The van der Waals surface area contributed by atoms with Crippen molar-refractivity contribution < 1.29 is 14.3 Å². The van der Waals surface area contributed by atoms with Crippen LogP contribution in [0.25, 0.3) is 0 Å². The second-order valence-electron chi connectivity index (χ2n) is 7.43. The molecule has 2 fully saturated rings. The second-order valence-corrected chi connectivity index (χ2v) is 7.43. The van der Waals surface area contributed by atoms with Gasteiger partial charge in [-0.25, -0.2) is 0 Å². The molecule has 2 N–H and O–H groups in total. The van der Waals surface area contributed by atoms with Gasteiger partial charge in [-0.15, -0.1) is 0 Å². The molecule has 144 valence electrons. The highest BCUT2D eigenvalue weighted by Crippen LogP contribution is 2.30. The van der Waals surface area contributed by atoms with E-state index in [2.05, 4.69) is 22.5 Å². The first-order valence-corrected chi connectivity index (χ1v) is 9.61. The van der Waals surface area contributed by atoms with E-state index in [-0.39, 0.29) is 11.9 Å². The van der Waals surface area contributed by atoms with E-state index in [4.69, 9.17) is 9.47 Å². The molecule has 1 atom stereocenters. The molecule has 1 aliphatic heterocycles. The van der Waals surface area contributed by atoms with Crippen LogP contribution in [0, 0.1) is 0 Å². The third-order valence-electron chi connectivity index (χ3n) is 5.29. The summed E-state index contributed by atoms with van der Waals surface area (Å²) in [7, 11) is 3.19. The van der Waals surface area contributed by atoms with Crippen LogP contribution in [0.3, 0.4) is 0 Å². The van der Waals surface area contributed by atoms with Crippen molar-refractivity contribution in [3.8, 4) is 11.5 Å². The number of hydrogen-bond acceptors (Lipinski definition) is 5. The molecule has 6 heteroatoms. The maximum Gasteiger partial charge on any atom is 0.226 e. The van der Waals surface area contributed by atoms with E-state index in [1.165, 1.54) is 38.8 Å². The van der Waals surface area contributed by atoms with Gasteiger partial charge in [0.05, 0.1) is 19.9 Å². The summed E-state index contributed by atoms with van der Waals surface area (Å²) in [5.41, 5.74) is 0.670. The Kier molecular flexibility index (Phi) is 6.38. The van der Waals surface area contributed by atoms with Crippen LogP contribution < -0.4 is 20.1 Å². The first-order valence-electron chi connectivity index (χ1n) is 9.61. The molecule has 1 aliphatic carbocycles. The Morgan fingerprint density at radius 2 is 1.92 bits per heavy atom. The summed E-state index contributed by atoms with van der Waals surface area (Å²) in [6.45, 7) is 4.45. The van der Waals surface area contributed by atoms with Gasteiger partial charge in [0.1, 0.15) is 11.5 Å². The predicted molar refractivity (Wildman–Crippen MR) is 103 cm³/mol. The molecule has 0 spiro atoms. The highest BCUT2D eigenvalue weighted by atomic mass is 16.5. The van der Waals surface area contributed by atoms with Gasteiger partial charge in [0, 0.05) is 30.6 Å². The largest absolute Gasteiger partial charge is 0.497 e. The zero-order valence-corrected chi connectivity index (χ0v) is 16.1. The summed E-state index contributed by atoms with van der Waals surface area (Å²) in [5, 5.41) is 6.57. The van der Waals surface area contributed by atoms with Crippen LogP contribution in [0.2, 0.25) is 0 Å². The summed E-state index contributed by atoms with van der Waals surface area (Å²) in [6, 6.07) is 6.92. The summed E-state index contributed by atoms with van der Waals surface area (Å²) in [6.07, 6.45) is 5.55. The standard InChI is InChI=1S/C20H31N3O3/c1-14(21-15-8-10-23(11-9-15)16-4-5-16)12-20(24)22-18-7-6-17(25-2)13-19(18)26-3/h6-7,13-16,21H,4-5,8-12H2,1-3H3,(H,22,24). The van der Waals surface area contributed by atoms with Gasteiger partial charge in [-0.2, -0.15) is 0 Å². The van der Waals surface area contributed by atoms with E-state index in [0.717, 1.165) is 6.04 Å². The van der Waals surface area contributed by atoms with Crippen molar-refractivity contribution in [2.24, 2.45) is 0 Å². The Morgan fingerprint density at radius 1 is 1.19 bits per heavy atom. The lowest BCUT2D eigenvalue weighted by molar-refractivity contribution is -0.116. The van der Waals surface area contributed by atoms with E-state index in [1.54, 1.807) is 26.4 Å². The number of nitrogens with one attached hydrogen (secondary N) is 2. The molecule has 1 saturated carbocycles. The van der Waals surface area contributed by atoms with Gasteiger partial charge < -0.3 is 25.0 Å². The molecule has 2 aliphatic rings. The fraction of sp³-hybridized carbons (Fsp3) is 0.650. The molecule has 3 rings (SSSR count). The fourth-order valence-corrected chi connectivity index (χ4v) is 3.71. The molecular formula is C20H31N3O3. The first-order chi connectivity index (χ1) is 12.6. The highest BCUT2D eigenvalue weighted by molar-refractivity contribution is 5.92. The summed E-state index contributed by atoms with van der Waals surface area (Å²) in [5.74, 6) is 1.29. The molecule has 0 aromatic heterocycles. The number of likely N-dealkylation sites (tertiary alicyclic amines) is 1. The smallest absolute Gasteiger partial charge is 0.226 e. The number of carbonyl (C=O) groups excluding carboxylic acids is 1. The van der Waals surface area contributed by atoms with Gasteiger partial charge in [-0.05, 0) is 57.8 Å². The molecule has 0 radical (unpaired) electrons. The van der Waals surface area contributed by atoms with Crippen LogP contribution in [0.4, 0.5) is 5.69 Å². The van der Waals surface area contributed by atoms with Crippen LogP contribution in [0.15, 0.2) is 18.2 Å². The minimum absolute atomic E-state index is 0.0103. The molecule has 1 aromatic carbocycles.